The fourth-order valence-corrected chi connectivity index (χ4v) is 3.16. The Morgan fingerprint density at radius 3 is 2.52 bits per heavy atom. The molecule has 0 spiro atoms. The summed E-state index contributed by atoms with van der Waals surface area (Å²) in [4.78, 5) is 26.0. The molecule has 5 nitrogen and oxygen atoms in total. The van der Waals surface area contributed by atoms with Gasteiger partial charge in [-0.1, -0.05) is 25.5 Å². The van der Waals surface area contributed by atoms with Crippen molar-refractivity contribution in [1.29, 1.82) is 0 Å². The Morgan fingerprint density at radius 2 is 1.85 bits per heavy atom. The Morgan fingerprint density at radius 1 is 1.15 bits per heavy atom. The molecule has 142 valence electrons. The van der Waals surface area contributed by atoms with Crippen molar-refractivity contribution in [3.8, 4) is 0 Å². The van der Waals surface area contributed by atoms with E-state index in [0.717, 1.165) is 19.3 Å². The second-order valence-corrected chi connectivity index (χ2v) is 6.78. The van der Waals surface area contributed by atoms with Crippen LogP contribution in [0, 0.1) is 5.82 Å². The zero-order chi connectivity index (χ0) is 19.2. The van der Waals surface area contributed by atoms with Gasteiger partial charge in [0, 0.05) is 24.3 Å². The molecule has 6 heteroatoms. The number of hydrogen-bond acceptors (Lipinski definition) is 2. The fourth-order valence-electron chi connectivity index (χ4n) is 3.16. The number of nitrogens with zero attached hydrogens (tertiary/aromatic N) is 1. The Labute approximate surface area is 158 Å². The Balaban J connectivity index is 1.52. The van der Waals surface area contributed by atoms with Crippen molar-refractivity contribution in [3.05, 3.63) is 59.9 Å². The molecular weight excluding hydrogens is 345 g/mol. The number of carbonyl (C=O) groups excluding carboxylic acids is 2. The second kappa shape index (κ2) is 8.66. The zero-order valence-electron chi connectivity index (χ0n) is 15.4. The van der Waals surface area contributed by atoms with Crippen LogP contribution in [0.2, 0.25) is 0 Å². The summed E-state index contributed by atoms with van der Waals surface area (Å²) in [6.45, 7) is 2.53. The van der Waals surface area contributed by atoms with Gasteiger partial charge in [-0.05, 0) is 54.8 Å². The highest BCUT2D eigenvalue weighted by Crippen LogP contribution is 2.22. The summed E-state index contributed by atoms with van der Waals surface area (Å²) in [5.41, 5.74) is 2.60. The maximum absolute atomic E-state index is 13.0. The van der Waals surface area contributed by atoms with Gasteiger partial charge < -0.3 is 15.5 Å². The van der Waals surface area contributed by atoms with Crippen LogP contribution in [0.4, 0.5) is 20.6 Å². The summed E-state index contributed by atoms with van der Waals surface area (Å²) in [5.74, 6) is -0.438. The van der Waals surface area contributed by atoms with E-state index >= 15 is 0 Å². The molecule has 0 bridgehead atoms. The lowest BCUT2D eigenvalue weighted by atomic mass is 10.1. The average molecular weight is 369 g/mol. The number of urea groups is 1. The highest BCUT2D eigenvalue weighted by atomic mass is 19.1. The molecule has 1 heterocycles. The summed E-state index contributed by atoms with van der Waals surface area (Å²) < 4.78 is 13.0. The summed E-state index contributed by atoms with van der Waals surface area (Å²) in [5, 5.41) is 5.63. The molecule has 1 aliphatic rings. The molecule has 3 amide bonds. The summed E-state index contributed by atoms with van der Waals surface area (Å²) in [6.07, 6.45) is 3.55. The van der Waals surface area contributed by atoms with E-state index < -0.39 is 0 Å². The zero-order valence-corrected chi connectivity index (χ0v) is 15.4. The first-order valence-corrected chi connectivity index (χ1v) is 9.27. The van der Waals surface area contributed by atoms with E-state index in [9.17, 15) is 14.0 Å². The summed E-state index contributed by atoms with van der Waals surface area (Å²) in [6, 6.07) is 12.9. The van der Waals surface area contributed by atoms with E-state index in [2.05, 4.69) is 17.6 Å². The lowest BCUT2D eigenvalue weighted by Crippen LogP contribution is -2.39. The average Bonchev–Trinajstić information content (AvgIpc) is 3.01. The number of nitrogens with one attached hydrogen (secondary N) is 2. The quantitative estimate of drug-likeness (QED) is 0.805. The molecule has 27 heavy (non-hydrogen) atoms. The van der Waals surface area contributed by atoms with Crippen LogP contribution in [0.5, 0.6) is 0 Å². The molecule has 0 radical (unpaired) electrons. The third-order valence-corrected chi connectivity index (χ3v) is 4.63. The van der Waals surface area contributed by atoms with Gasteiger partial charge in [0.1, 0.15) is 5.82 Å². The summed E-state index contributed by atoms with van der Waals surface area (Å²) in [7, 11) is 0. The molecule has 2 N–H and O–H groups in total. The molecule has 0 unspecified atom stereocenters. The minimum Gasteiger partial charge on any atom is -0.333 e. The Kier molecular flexibility index (Phi) is 6.06. The lowest BCUT2D eigenvalue weighted by Gasteiger charge is -2.17. The first-order chi connectivity index (χ1) is 13.0. The number of hydrogen-bond donors (Lipinski definition) is 2. The highest BCUT2D eigenvalue weighted by Gasteiger charge is 2.31. The van der Waals surface area contributed by atoms with Gasteiger partial charge in [-0.2, -0.15) is 0 Å². The number of rotatable bonds is 6. The van der Waals surface area contributed by atoms with Gasteiger partial charge in [0.25, 0.3) is 0 Å². The van der Waals surface area contributed by atoms with Crippen LogP contribution in [0.1, 0.15) is 31.7 Å². The molecule has 1 aliphatic heterocycles. The van der Waals surface area contributed by atoms with Crippen LogP contribution in [0.3, 0.4) is 0 Å². The van der Waals surface area contributed by atoms with E-state index in [1.165, 1.54) is 17.7 Å². The van der Waals surface area contributed by atoms with Crippen molar-refractivity contribution in [2.75, 3.05) is 16.8 Å². The van der Waals surface area contributed by atoms with E-state index in [1.807, 2.05) is 24.3 Å². The lowest BCUT2D eigenvalue weighted by molar-refractivity contribution is -0.117. The van der Waals surface area contributed by atoms with Crippen molar-refractivity contribution in [2.24, 2.45) is 0 Å². The number of anilines is 2. The number of amides is 3. The number of carbonyl (C=O) groups is 2. The van der Waals surface area contributed by atoms with Crippen LogP contribution >= 0.6 is 0 Å². The number of halogens is 1. The maximum Gasteiger partial charge on any atom is 0.319 e. The predicted octanol–water partition coefficient (Wildman–Crippen LogP) is 4.10. The van der Waals surface area contributed by atoms with Crippen molar-refractivity contribution < 1.29 is 14.0 Å². The first kappa shape index (κ1) is 18.9. The van der Waals surface area contributed by atoms with E-state index in [1.54, 1.807) is 17.0 Å². The molecule has 2 aromatic carbocycles. The van der Waals surface area contributed by atoms with Gasteiger partial charge in [-0.15, -0.1) is 0 Å². The van der Waals surface area contributed by atoms with E-state index in [-0.39, 0.29) is 30.2 Å². The Hall–Kier alpha value is -2.89. The molecular formula is C21H24FN3O2. The number of unbranched alkanes of at least 4 members (excludes halogenated alkanes) is 1. The minimum atomic E-state index is -0.347. The fraction of sp³-hybridized carbons (Fsp3) is 0.333. The molecule has 3 rings (SSSR count). The van der Waals surface area contributed by atoms with Crippen LogP contribution in [-0.2, 0) is 11.2 Å². The van der Waals surface area contributed by atoms with Crippen molar-refractivity contribution >= 4 is 23.3 Å². The molecule has 1 fully saturated rings. The van der Waals surface area contributed by atoms with E-state index in [0.29, 0.717) is 17.9 Å². The molecule has 0 saturated carbocycles. The third-order valence-electron chi connectivity index (χ3n) is 4.63. The van der Waals surface area contributed by atoms with Crippen LogP contribution in [0.25, 0.3) is 0 Å². The SMILES string of the molecule is CCCCc1ccc(NC(=O)N[C@H]2CC(=O)N(c3ccc(F)cc3)C2)cc1. The topological polar surface area (TPSA) is 61.4 Å². The maximum atomic E-state index is 13.0. The van der Waals surface area contributed by atoms with Gasteiger partial charge in [-0.3, -0.25) is 4.79 Å². The molecule has 0 aromatic heterocycles. The van der Waals surface area contributed by atoms with Gasteiger partial charge in [0.15, 0.2) is 0 Å². The van der Waals surface area contributed by atoms with Crippen molar-refractivity contribution in [3.63, 3.8) is 0 Å². The van der Waals surface area contributed by atoms with Crippen molar-refractivity contribution in [1.82, 2.24) is 5.32 Å². The van der Waals surface area contributed by atoms with Crippen LogP contribution < -0.4 is 15.5 Å². The van der Waals surface area contributed by atoms with Gasteiger partial charge in [0.05, 0.1) is 6.04 Å². The molecule has 0 aliphatic carbocycles. The van der Waals surface area contributed by atoms with Gasteiger partial charge >= 0.3 is 6.03 Å². The summed E-state index contributed by atoms with van der Waals surface area (Å²) >= 11 is 0. The number of benzene rings is 2. The smallest absolute Gasteiger partial charge is 0.319 e. The third kappa shape index (κ3) is 5.06. The molecule has 1 saturated heterocycles. The minimum absolute atomic E-state index is 0.0906. The predicted molar refractivity (Wildman–Crippen MR) is 104 cm³/mol. The Bertz CT molecular complexity index is 790. The van der Waals surface area contributed by atoms with Crippen molar-refractivity contribution in [2.45, 2.75) is 38.6 Å². The largest absolute Gasteiger partial charge is 0.333 e. The number of aryl methyl sites for hydroxylation is 1. The van der Waals surface area contributed by atoms with E-state index in [4.69, 9.17) is 0 Å². The standard InChI is InChI=1S/C21H24FN3O2/c1-2-3-4-15-5-9-17(10-6-15)23-21(27)24-18-13-20(26)25(14-18)19-11-7-16(22)8-12-19/h5-12,18H,2-4,13-14H2,1H3,(H2,23,24,27)/t18-/m0/s1. The monoisotopic (exact) mass is 369 g/mol. The normalized spacial score (nSPS) is 16.4. The van der Waals surface area contributed by atoms with Gasteiger partial charge in [0.2, 0.25) is 5.91 Å². The van der Waals surface area contributed by atoms with Crippen LogP contribution in [-0.4, -0.2) is 24.5 Å². The van der Waals surface area contributed by atoms with Crippen LogP contribution in [0.15, 0.2) is 48.5 Å². The molecule has 1 atom stereocenters. The van der Waals surface area contributed by atoms with Gasteiger partial charge in [-0.25, -0.2) is 9.18 Å². The first-order valence-electron chi connectivity index (χ1n) is 9.27. The molecule has 2 aromatic rings. The highest BCUT2D eigenvalue weighted by molar-refractivity contribution is 5.97. The second-order valence-electron chi connectivity index (χ2n) is 6.78.